The molecule has 3 amide bonds. The number of rotatable bonds is 3. The first-order valence-electron chi connectivity index (χ1n) is 10.7. The van der Waals surface area contributed by atoms with Crippen LogP contribution in [0.1, 0.15) is 29.6 Å². The number of carbonyl (C=O) groups is 2. The van der Waals surface area contributed by atoms with Crippen molar-refractivity contribution in [2.24, 2.45) is 5.41 Å². The third kappa shape index (κ3) is 5.45. The lowest BCUT2D eigenvalue weighted by Gasteiger charge is -2.39. The van der Waals surface area contributed by atoms with Crippen molar-refractivity contribution >= 4 is 29.4 Å². The molecule has 0 atom stereocenters. The van der Waals surface area contributed by atoms with Gasteiger partial charge < -0.3 is 15.1 Å². The van der Waals surface area contributed by atoms with Gasteiger partial charge in [0.2, 0.25) is 0 Å². The number of thioether (sulfide) groups is 1. The van der Waals surface area contributed by atoms with E-state index in [9.17, 15) is 31.5 Å². The molecule has 34 heavy (non-hydrogen) atoms. The van der Waals surface area contributed by atoms with Crippen LogP contribution in [-0.4, -0.2) is 53.4 Å². The van der Waals surface area contributed by atoms with Crippen LogP contribution in [0.15, 0.2) is 47.4 Å². The van der Waals surface area contributed by atoms with E-state index in [0.717, 1.165) is 18.6 Å². The summed E-state index contributed by atoms with van der Waals surface area (Å²) in [6, 6.07) is 8.40. The lowest BCUT2D eigenvalue weighted by Crippen LogP contribution is -2.45. The van der Waals surface area contributed by atoms with Gasteiger partial charge in [-0.3, -0.25) is 4.79 Å². The number of alkyl halides is 3. The summed E-state index contributed by atoms with van der Waals surface area (Å²) in [7, 11) is 0. The monoisotopic (exact) mass is 499 g/mol. The third-order valence-electron chi connectivity index (χ3n) is 6.35. The molecule has 4 rings (SSSR count). The first-order valence-corrected chi connectivity index (χ1v) is 11.5. The van der Waals surface area contributed by atoms with Crippen LogP contribution < -0.4 is 5.32 Å². The molecule has 2 aliphatic heterocycles. The van der Waals surface area contributed by atoms with E-state index in [0.29, 0.717) is 44.7 Å². The zero-order valence-corrected chi connectivity index (χ0v) is 18.8. The lowest BCUT2D eigenvalue weighted by molar-refractivity contribution is -0.0328. The van der Waals surface area contributed by atoms with Crippen molar-refractivity contribution in [3.8, 4) is 0 Å². The SMILES string of the molecule is O=C(Nc1ccc(SC(F)(F)F)cc1)N1CCC2(CCN(C(=O)c3c(F)cccc3F)CC2)C1. The normalized spacial score (nSPS) is 17.8. The van der Waals surface area contributed by atoms with Gasteiger partial charge in [0.25, 0.3) is 5.91 Å². The number of halogens is 5. The molecular formula is C23H22F5N3O2S. The molecule has 0 unspecified atom stereocenters. The minimum Gasteiger partial charge on any atom is -0.338 e. The van der Waals surface area contributed by atoms with E-state index in [1.807, 2.05) is 0 Å². The number of benzene rings is 2. The summed E-state index contributed by atoms with van der Waals surface area (Å²) in [5, 5.41) is 2.71. The predicted molar refractivity (Wildman–Crippen MR) is 117 cm³/mol. The van der Waals surface area contributed by atoms with Crippen molar-refractivity contribution in [3.63, 3.8) is 0 Å². The van der Waals surface area contributed by atoms with Crippen LogP contribution in [0.4, 0.5) is 32.4 Å². The molecule has 2 fully saturated rings. The fraction of sp³-hybridized carbons (Fsp3) is 0.391. The summed E-state index contributed by atoms with van der Waals surface area (Å²) in [5.41, 5.74) is -4.72. The van der Waals surface area contributed by atoms with E-state index in [1.54, 1.807) is 4.90 Å². The highest BCUT2D eigenvalue weighted by Crippen LogP contribution is 2.41. The molecule has 182 valence electrons. The maximum absolute atomic E-state index is 14.0. The summed E-state index contributed by atoms with van der Waals surface area (Å²) in [6.07, 6.45) is 1.93. The van der Waals surface area contributed by atoms with Crippen LogP contribution in [0.2, 0.25) is 0 Å². The van der Waals surface area contributed by atoms with Crippen molar-refractivity contribution < 1.29 is 31.5 Å². The Kier molecular flexibility index (Phi) is 6.75. The number of hydrogen-bond acceptors (Lipinski definition) is 3. The Morgan fingerprint density at radius 2 is 1.44 bits per heavy atom. The van der Waals surface area contributed by atoms with Crippen molar-refractivity contribution in [1.29, 1.82) is 0 Å². The van der Waals surface area contributed by atoms with Crippen LogP contribution in [0.5, 0.6) is 0 Å². The summed E-state index contributed by atoms with van der Waals surface area (Å²) < 4.78 is 65.3. The predicted octanol–water partition coefficient (Wildman–Crippen LogP) is 5.74. The Labute approximate surface area is 197 Å². The van der Waals surface area contributed by atoms with Gasteiger partial charge in [-0.1, -0.05) is 6.07 Å². The zero-order chi connectivity index (χ0) is 24.5. The molecule has 0 radical (unpaired) electrons. The van der Waals surface area contributed by atoms with E-state index in [1.165, 1.54) is 35.2 Å². The maximum Gasteiger partial charge on any atom is 0.446 e. The van der Waals surface area contributed by atoms with Gasteiger partial charge in [0.1, 0.15) is 17.2 Å². The van der Waals surface area contributed by atoms with Crippen LogP contribution in [0.25, 0.3) is 0 Å². The molecular weight excluding hydrogens is 477 g/mol. The second kappa shape index (κ2) is 9.44. The van der Waals surface area contributed by atoms with Crippen LogP contribution >= 0.6 is 11.8 Å². The Morgan fingerprint density at radius 3 is 2.00 bits per heavy atom. The van der Waals surface area contributed by atoms with E-state index < -0.39 is 28.6 Å². The number of nitrogens with one attached hydrogen (secondary N) is 1. The largest absolute Gasteiger partial charge is 0.446 e. The van der Waals surface area contributed by atoms with E-state index in [-0.39, 0.29) is 28.1 Å². The number of likely N-dealkylation sites (tertiary alicyclic amines) is 2. The summed E-state index contributed by atoms with van der Waals surface area (Å²) in [5.74, 6) is -2.46. The van der Waals surface area contributed by atoms with Crippen molar-refractivity contribution in [2.45, 2.75) is 29.7 Å². The summed E-state index contributed by atoms with van der Waals surface area (Å²) >= 11 is -0.222. The first kappa shape index (κ1) is 24.3. The molecule has 0 saturated carbocycles. The van der Waals surface area contributed by atoms with E-state index in [2.05, 4.69) is 5.32 Å². The standard InChI is InChI=1S/C23H22F5N3O2S/c24-17-2-1-3-18(25)19(17)20(32)30-11-8-22(9-12-30)10-13-31(14-22)21(33)29-15-4-6-16(7-5-15)34-23(26,27)28/h1-7H,8-14H2,(H,29,33). The van der Waals surface area contributed by atoms with Gasteiger partial charge in [0.15, 0.2) is 0 Å². The highest BCUT2D eigenvalue weighted by atomic mass is 32.2. The van der Waals surface area contributed by atoms with Crippen molar-refractivity contribution in [1.82, 2.24) is 9.80 Å². The average molecular weight is 500 g/mol. The van der Waals surface area contributed by atoms with E-state index >= 15 is 0 Å². The van der Waals surface area contributed by atoms with Gasteiger partial charge in [-0.05, 0) is 72.8 Å². The van der Waals surface area contributed by atoms with Gasteiger partial charge in [0, 0.05) is 36.8 Å². The van der Waals surface area contributed by atoms with Gasteiger partial charge in [-0.25, -0.2) is 13.6 Å². The number of hydrogen-bond donors (Lipinski definition) is 1. The Hall–Kier alpha value is -2.82. The molecule has 2 aliphatic rings. The average Bonchev–Trinajstić information content (AvgIpc) is 3.18. The molecule has 0 bridgehead atoms. The fourth-order valence-corrected chi connectivity index (χ4v) is 5.04. The Balaban J connectivity index is 1.31. The summed E-state index contributed by atoms with van der Waals surface area (Å²) in [4.78, 5) is 28.4. The number of anilines is 1. The third-order valence-corrected chi connectivity index (χ3v) is 7.09. The number of piperidine rings is 1. The molecule has 2 aromatic rings. The number of nitrogens with zero attached hydrogens (tertiary/aromatic N) is 2. The molecule has 2 heterocycles. The van der Waals surface area contributed by atoms with Crippen LogP contribution in [-0.2, 0) is 0 Å². The second-order valence-electron chi connectivity index (χ2n) is 8.56. The van der Waals surface area contributed by atoms with Crippen molar-refractivity contribution in [2.75, 3.05) is 31.5 Å². The molecule has 0 aliphatic carbocycles. The second-order valence-corrected chi connectivity index (χ2v) is 9.70. The molecule has 1 N–H and O–H groups in total. The minimum atomic E-state index is -4.38. The summed E-state index contributed by atoms with van der Waals surface area (Å²) in [6.45, 7) is 1.64. The maximum atomic E-state index is 14.0. The Morgan fingerprint density at radius 1 is 0.882 bits per heavy atom. The fourth-order valence-electron chi connectivity index (χ4n) is 4.50. The highest BCUT2D eigenvalue weighted by molar-refractivity contribution is 8.00. The molecule has 1 spiro atoms. The smallest absolute Gasteiger partial charge is 0.338 e. The lowest BCUT2D eigenvalue weighted by atomic mass is 9.77. The van der Waals surface area contributed by atoms with Gasteiger partial charge >= 0.3 is 11.5 Å². The Bertz CT molecular complexity index is 1050. The van der Waals surface area contributed by atoms with Crippen molar-refractivity contribution in [3.05, 3.63) is 59.7 Å². The molecule has 5 nitrogen and oxygen atoms in total. The van der Waals surface area contributed by atoms with Gasteiger partial charge in [0.05, 0.1) is 0 Å². The van der Waals surface area contributed by atoms with Gasteiger partial charge in [-0.2, -0.15) is 13.2 Å². The molecule has 0 aromatic heterocycles. The molecule has 2 aromatic carbocycles. The number of carbonyl (C=O) groups excluding carboxylic acids is 2. The van der Waals surface area contributed by atoms with Crippen LogP contribution in [0.3, 0.4) is 0 Å². The highest BCUT2D eigenvalue weighted by Gasteiger charge is 2.43. The topological polar surface area (TPSA) is 52.7 Å². The minimum absolute atomic E-state index is 0.0298. The number of amides is 3. The zero-order valence-electron chi connectivity index (χ0n) is 18.0. The molecule has 2 saturated heterocycles. The van der Waals surface area contributed by atoms with Gasteiger partial charge in [-0.15, -0.1) is 0 Å². The quantitative estimate of drug-likeness (QED) is 0.433. The van der Waals surface area contributed by atoms with Crippen LogP contribution in [0, 0.1) is 17.0 Å². The number of urea groups is 1. The molecule has 11 heteroatoms. The van der Waals surface area contributed by atoms with E-state index in [4.69, 9.17) is 0 Å². The first-order chi connectivity index (χ1) is 16.1.